The predicted octanol–water partition coefficient (Wildman–Crippen LogP) is 4.10. The van der Waals surface area contributed by atoms with Crippen LogP contribution in [0.15, 0.2) is 18.5 Å². The van der Waals surface area contributed by atoms with E-state index in [4.69, 9.17) is 5.73 Å². The number of imidazole rings is 1. The number of aromatic nitrogens is 3. The van der Waals surface area contributed by atoms with Gasteiger partial charge in [-0.25, -0.2) is 9.50 Å². The molecule has 3 rings (SSSR count). The average Bonchev–Trinajstić information content (AvgIpc) is 3.19. The van der Waals surface area contributed by atoms with Crippen molar-refractivity contribution in [2.75, 3.05) is 0 Å². The van der Waals surface area contributed by atoms with Crippen molar-refractivity contribution < 1.29 is 31.1 Å². The smallest absolute Gasteiger partial charge is 0.342 e. The van der Waals surface area contributed by atoms with Crippen molar-refractivity contribution in [1.29, 1.82) is 0 Å². The first-order chi connectivity index (χ1) is 14.5. The molecule has 1 aliphatic rings. The van der Waals surface area contributed by atoms with Crippen LogP contribution in [-0.4, -0.2) is 38.4 Å². The molecule has 2 aromatic heterocycles. The maximum Gasteiger partial charge on any atom is 0.411 e. The molecule has 0 saturated carbocycles. The largest absolute Gasteiger partial charge is 0.411 e. The van der Waals surface area contributed by atoms with Crippen LogP contribution in [0.4, 0.5) is 26.3 Å². The van der Waals surface area contributed by atoms with E-state index < -0.39 is 41.2 Å². The number of rotatable bonds is 6. The van der Waals surface area contributed by atoms with Crippen LogP contribution >= 0.6 is 0 Å². The zero-order valence-corrected chi connectivity index (χ0v) is 17.8. The molecule has 178 valence electrons. The fourth-order valence-corrected chi connectivity index (χ4v) is 3.68. The van der Waals surface area contributed by atoms with Gasteiger partial charge in [-0.05, 0) is 44.2 Å². The Balaban J connectivity index is 1.71. The third-order valence-corrected chi connectivity index (χ3v) is 6.16. The molecule has 6 nitrogen and oxygen atoms in total. The molecule has 0 aliphatic carbocycles. The lowest BCUT2D eigenvalue weighted by Crippen LogP contribution is -2.51. The molecule has 32 heavy (non-hydrogen) atoms. The van der Waals surface area contributed by atoms with Gasteiger partial charge in [0.1, 0.15) is 5.54 Å². The summed E-state index contributed by atoms with van der Waals surface area (Å²) in [5, 5.41) is 6.18. The number of nitrogens with zero attached hydrogens (tertiary/aromatic N) is 3. The van der Waals surface area contributed by atoms with Gasteiger partial charge in [0.2, 0.25) is 5.91 Å². The summed E-state index contributed by atoms with van der Waals surface area (Å²) in [4.78, 5) is 16.4. The first-order valence-electron chi connectivity index (χ1n) is 10.1. The summed E-state index contributed by atoms with van der Waals surface area (Å²) in [7, 11) is 0. The molecular weight excluding hydrogens is 440 g/mol. The number of hydrogen-bond acceptors (Lipinski definition) is 4. The van der Waals surface area contributed by atoms with E-state index in [1.54, 1.807) is 6.07 Å². The Bertz CT molecular complexity index is 999. The number of halogens is 6. The van der Waals surface area contributed by atoms with Gasteiger partial charge in [-0.1, -0.05) is 13.8 Å². The van der Waals surface area contributed by atoms with Gasteiger partial charge in [0.25, 0.3) is 0 Å². The number of carbonyl (C=O) groups excluding carboxylic acids is 1. The van der Waals surface area contributed by atoms with Gasteiger partial charge in [0, 0.05) is 12.0 Å². The average molecular weight is 465 g/mol. The van der Waals surface area contributed by atoms with E-state index in [0.29, 0.717) is 16.9 Å². The van der Waals surface area contributed by atoms with Crippen molar-refractivity contribution in [3.63, 3.8) is 0 Å². The molecular formula is C20H25F6N5O. The summed E-state index contributed by atoms with van der Waals surface area (Å²) in [6.45, 7) is 3.18. The molecule has 3 N–H and O–H groups in total. The van der Waals surface area contributed by atoms with E-state index in [9.17, 15) is 31.1 Å². The summed E-state index contributed by atoms with van der Waals surface area (Å²) in [5.41, 5.74) is 3.10. The Kier molecular flexibility index (Phi) is 5.99. The Morgan fingerprint density at radius 1 is 1.28 bits per heavy atom. The van der Waals surface area contributed by atoms with E-state index in [2.05, 4.69) is 10.1 Å². The van der Waals surface area contributed by atoms with Crippen molar-refractivity contribution in [3.8, 4) is 0 Å². The van der Waals surface area contributed by atoms with Gasteiger partial charge in [0.05, 0.1) is 23.5 Å². The second kappa shape index (κ2) is 7.89. The zero-order valence-electron chi connectivity index (χ0n) is 17.8. The van der Waals surface area contributed by atoms with E-state index >= 15 is 0 Å². The molecule has 2 aromatic rings. The SMILES string of the molecule is CC(C)(CC[C@H](N)c1cn2ncc(CC3C[C@@](C)(C(F)(F)F)NC3=O)cc2n1)C(F)(F)F. The van der Waals surface area contributed by atoms with Crippen LogP contribution in [0, 0.1) is 11.3 Å². The van der Waals surface area contributed by atoms with Crippen LogP contribution in [0.5, 0.6) is 0 Å². The molecule has 0 radical (unpaired) electrons. The predicted molar refractivity (Wildman–Crippen MR) is 103 cm³/mol. The summed E-state index contributed by atoms with van der Waals surface area (Å²) >= 11 is 0. The number of nitrogens with one attached hydrogen (secondary N) is 1. The number of amides is 1. The summed E-state index contributed by atoms with van der Waals surface area (Å²) in [6.07, 6.45) is -6.44. The van der Waals surface area contributed by atoms with Gasteiger partial charge in [-0.15, -0.1) is 0 Å². The van der Waals surface area contributed by atoms with Crippen LogP contribution in [0.3, 0.4) is 0 Å². The van der Waals surface area contributed by atoms with Crippen molar-refractivity contribution in [1.82, 2.24) is 19.9 Å². The molecule has 1 saturated heterocycles. The first kappa shape index (κ1) is 24.3. The van der Waals surface area contributed by atoms with Gasteiger partial charge in [-0.2, -0.15) is 31.4 Å². The fraction of sp³-hybridized carbons (Fsp3) is 0.650. The minimum Gasteiger partial charge on any atom is -0.342 e. The van der Waals surface area contributed by atoms with Crippen molar-refractivity contribution >= 4 is 11.6 Å². The highest BCUT2D eigenvalue weighted by molar-refractivity contribution is 5.82. The molecule has 0 aromatic carbocycles. The molecule has 0 spiro atoms. The second-order valence-electron chi connectivity index (χ2n) is 9.28. The van der Waals surface area contributed by atoms with Crippen molar-refractivity contribution in [2.24, 2.45) is 17.1 Å². The van der Waals surface area contributed by atoms with Crippen LogP contribution < -0.4 is 11.1 Å². The first-order valence-corrected chi connectivity index (χ1v) is 10.1. The van der Waals surface area contributed by atoms with E-state index in [0.717, 1.165) is 20.8 Å². The second-order valence-corrected chi connectivity index (χ2v) is 9.28. The van der Waals surface area contributed by atoms with Crippen LogP contribution in [0.2, 0.25) is 0 Å². The molecule has 1 amide bonds. The van der Waals surface area contributed by atoms with Gasteiger partial charge < -0.3 is 11.1 Å². The van der Waals surface area contributed by atoms with Gasteiger partial charge in [-0.3, -0.25) is 4.79 Å². The Hall–Kier alpha value is -2.37. The van der Waals surface area contributed by atoms with E-state index in [-0.39, 0.29) is 25.7 Å². The quantitative estimate of drug-likeness (QED) is 0.630. The van der Waals surface area contributed by atoms with Gasteiger partial charge in [0.15, 0.2) is 5.65 Å². The van der Waals surface area contributed by atoms with Crippen LogP contribution in [-0.2, 0) is 11.2 Å². The molecule has 1 fully saturated rings. The number of hydrogen-bond donors (Lipinski definition) is 2. The number of nitrogens with two attached hydrogens (primary N) is 1. The lowest BCUT2D eigenvalue weighted by atomic mass is 9.85. The molecule has 12 heteroatoms. The molecule has 1 aliphatic heterocycles. The normalized spacial score (nSPS) is 23.6. The maximum absolute atomic E-state index is 13.2. The lowest BCUT2D eigenvalue weighted by Gasteiger charge is -2.28. The maximum atomic E-state index is 13.2. The van der Waals surface area contributed by atoms with Crippen LogP contribution in [0.1, 0.15) is 57.3 Å². The Labute approximate surface area is 180 Å². The lowest BCUT2D eigenvalue weighted by molar-refractivity contribution is -0.214. The number of fused-ring (bicyclic) bond motifs is 1. The third-order valence-electron chi connectivity index (χ3n) is 6.16. The third kappa shape index (κ3) is 4.69. The minimum atomic E-state index is -4.56. The minimum absolute atomic E-state index is 0.0506. The molecule has 1 unspecified atom stereocenters. The Morgan fingerprint density at radius 3 is 2.50 bits per heavy atom. The Morgan fingerprint density at radius 2 is 1.94 bits per heavy atom. The molecule has 0 bridgehead atoms. The number of carbonyl (C=O) groups is 1. The topological polar surface area (TPSA) is 85.3 Å². The highest BCUT2D eigenvalue weighted by Crippen LogP contribution is 2.42. The fourth-order valence-electron chi connectivity index (χ4n) is 3.68. The van der Waals surface area contributed by atoms with Gasteiger partial charge >= 0.3 is 12.4 Å². The van der Waals surface area contributed by atoms with Crippen LogP contribution in [0.25, 0.3) is 5.65 Å². The van der Waals surface area contributed by atoms with E-state index in [1.807, 2.05) is 5.32 Å². The summed E-state index contributed by atoms with van der Waals surface area (Å²) in [6, 6.07) is 0.842. The highest BCUT2D eigenvalue weighted by Gasteiger charge is 2.57. The zero-order chi connectivity index (χ0) is 24.1. The number of alkyl halides is 6. The van der Waals surface area contributed by atoms with Crippen molar-refractivity contribution in [2.45, 2.75) is 70.4 Å². The molecule has 3 heterocycles. The van der Waals surface area contributed by atoms with Crippen molar-refractivity contribution in [3.05, 3.63) is 29.7 Å². The summed E-state index contributed by atoms with van der Waals surface area (Å²) in [5.74, 6) is -1.55. The standard InChI is InChI=1S/C20H25F6N5O/c1-17(2,19(21,22)23)5-4-13(27)14-10-31-15(29-14)7-11(9-28-31)6-12-8-18(3,20(24,25)26)30-16(12)32/h7,9-10,12-13H,4-6,8,27H2,1-3H3,(H,30,32)/t12?,13-,18-/m0/s1. The summed E-state index contributed by atoms with van der Waals surface area (Å²) < 4.78 is 80.1. The molecule has 3 atom stereocenters. The van der Waals surface area contributed by atoms with E-state index in [1.165, 1.54) is 16.9 Å². The highest BCUT2D eigenvalue weighted by atomic mass is 19.4. The monoisotopic (exact) mass is 465 g/mol.